The van der Waals surface area contributed by atoms with Crippen LogP contribution in [-0.4, -0.2) is 46.8 Å². The molecule has 1 aliphatic rings. The molecule has 0 bridgehead atoms. The lowest BCUT2D eigenvalue weighted by Gasteiger charge is -2.16. The third-order valence-corrected chi connectivity index (χ3v) is 5.69. The first-order valence-corrected chi connectivity index (χ1v) is 10.5. The van der Waals surface area contributed by atoms with Crippen LogP contribution in [0.1, 0.15) is 34.5 Å². The highest BCUT2D eigenvalue weighted by atomic mass is 19.4. The second kappa shape index (κ2) is 8.78. The Labute approximate surface area is 188 Å². The summed E-state index contributed by atoms with van der Waals surface area (Å²) < 4.78 is 46.8. The van der Waals surface area contributed by atoms with Crippen molar-refractivity contribution in [2.75, 3.05) is 20.1 Å². The zero-order valence-corrected chi connectivity index (χ0v) is 18.0. The van der Waals surface area contributed by atoms with Crippen LogP contribution in [0.3, 0.4) is 0 Å². The Hall–Kier alpha value is -3.53. The number of nitrogens with zero attached hydrogens (tertiary/aromatic N) is 2. The van der Waals surface area contributed by atoms with Gasteiger partial charge in [0.2, 0.25) is 0 Å². The lowest BCUT2D eigenvalue weighted by atomic mass is 10.1. The molecule has 7 nitrogen and oxygen atoms in total. The quantitative estimate of drug-likeness (QED) is 0.385. The van der Waals surface area contributed by atoms with Gasteiger partial charge in [-0.05, 0) is 61.8 Å². The van der Waals surface area contributed by atoms with Crippen LogP contribution in [0.2, 0.25) is 0 Å². The van der Waals surface area contributed by atoms with Crippen molar-refractivity contribution in [1.29, 1.82) is 5.41 Å². The van der Waals surface area contributed by atoms with E-state index < -0.39 is 23.6 Å². The first-order chi connectivity index (χ1) is 15.6. The molecule has 0 aliphatic carbocycles. The van der Waals surface area contributed by atoms with Crippen molar-refractivity contribution in [3.05, 3.63) is 59.3 Å². The number of nitrogens with one attached hydrogen (secondary N) is 2. The number of likely N-dealkylation sites (tertiary alicyclic amines) is 1. The number of fused-ring (bicyclic) bond motifs is 1. The van der Waals surface area contributed by atoms with Crippen LogP contribution in [0.4, 0.5) is 13.2 Å². The molecule has 0 saturated carbocycles. The van der Waals surface area contributed by atoms with Gasteiger partial charge < -0.3 is 15.5 Å². The van der Waals surface area contributed by atoms with Crippen LogP contribution in [0, 0.1) is 5.41 Å². The molecule has 10 heteroatoms. The topological polar surface area (TPSA) is 98.4 Å². The summed E-state index contributed by atoms with van der Waals surface area (Å²) in [6, 6.07) is 10.7. The van der Waals surface area contributed by atoms with Crippen LogP contribution in [0.25, 0.3) is 10.9 Å². The fourth-order valence-corrected chi connectivity index (χ4v) is 3.96. The van der Waals surface area contributed by atoms with E-state index in [9.17, 15) is 18.0 Å². The normalized spacial score (nSPS) is 14.5. The number of amides is 1. The van der Waals surface area contributed by atoms with Gasteiger partial charge in [-0.2, -0.15) is 13.2 Å². The molecule has 3 aromatic rings. The van der Waals surface area contributed by atoms with Crippen molar-refractivity contribution in [3.63, 3.8) is 0 Å². The number of aromatic nitrogens is 1. The van der Waals surface area contributed by atoms with Gasteiger partial charge in [-0.15, -0.1) is 0 Å². The smallest absolute Gasteiger partial charge is 0.417 e. The average Bonchev–Trinajstić information content (AvgIpc) is 3.42. The van der Waals surface area contributed by atoms with Crippen molar-refractivity contribution in [2.45, 2.75) is 25.6 Å². The molecule has 0 unspecified atom stereocenters. The molecular weight excluding hydrogens is 435 g/mol. The Morgan fingerprint density at radius 3 is 2.61 bits per heavy atom. The summed E-state index contributed by atoms with van der Waals surface area (Å²) in [6.07, 6.45) is -2.28. The largest absolute Gasteiger partial charge is 0.455 e. The zero-order chi connectivity index (χ0) is 23.8. The molecule has 2 heterocycles. The molecule has 2 aromatic carbocycles. The van der Waals surface area contributed by atoms with E-state index in [2.05, 4.69) is 9.88 Å². The predicted octanol–water partition coefficient (Wildman–Crippen LogP) is 4.54. The SMILES string of the molecule is CN(C(=N)N)C(=O)c1cc2c(C(F)(F)F)ccc(Oc3cccc(CN4CCCC4)c3)c2[nH]1. The number of aromatic amines is 1. The molecule has 1 fully saturated rings. The number of alkyl halides is 3. The summed E-state index contributed by atoms with van der Waals surface area (Å²) in [5.41, 5.74) is 5.39. The number of guanidine groups is 1. The van der Waals surface area contributed by atoms with E-state index in [0.29, 0.717) is 5.75 Å². The number of hydrogen-bond acceptors (Lipinski definition) is 4. The van der Waals surface area contributed by atoms with Gasteiger partial charge >= 0.3 is 6.18 Å². The van der Waals surface area contributed by atoms with Gasteiger partial charge in [0.25, 0.3) is 5.91 Å². The number of benzene rings is 2. The molecule has 33 heavy (non-hydrogen) atoms. The van der Waals surface area contributed by atoms with Gasteiger partial charge in [0.1, 0.15) is 11.4 Å². The summed E-state index contributed by atoms with van der Waals surface area (Å²) >= 11 is 0. The monoisotopic (exact) mass is 459 g/mol. The maximum atomic E-state index is 13.6. The standard InChI is InChI=1S/C23H24F3N5O2/c1-30(22(27)28)21(32)18-12-16-17(23(24,25)26)7-8-19(20(16)29-18)33-15-6-4-5-14(11-15)13-31-9-2-3-10-31/h4-8,11-12,29H,2-3,9-10,13H2,1H3,(H3,27,28). The van der Waals surface area contributed by atoms with Gasteiger partial charge in [0, 0.05) is 19.0 Å². The van der Waals surface area contributed by atoms with Crippen LogP contribution in [0.15, 0.2) is 42.5 Å². The molecule has 4 rings (SSSR count). The number of halogens is 3. The van der Waals surface area contributed by atoms with E-state index in [1.165, 1.54) is 26.0 Å². The second-order valence-electron chi connectivity index (χ2n) is 8.06. The van der Waals surface area contributed by atoms with Gasteiger partial charge in [-0.25, -0.2) is 0 Å². The Balaban J connectivity index is 1.70. The number of rotatable bonds is 5. The summed E-state index contributed by atoms with van der Waals surface area (Å²) in [5.74, 6) is -0.622. The van der Waals surface area contributed by atoms with Crippen molar-refractivity contribution < 1.29 is 22.7 Å². The molecule has 1 aromatic heterocycles. The highest BCUT2D eigenvalue weighted by Crippen LogP contribution is 2.40. The highest BCUT2D eigenvalue weighted by Gasteiger charge is 2.34. The predicted molar refractivity (Wildman–Crippen MR) is 118 cm³/mol. The van der Waals surface area contributed by atoms with E-state index >= 15 is 0 Å². The first kappa shape index (κ1) is 22.7. The molecule has 0 radical (unpaired) electrons. The fraction of sp³-hybridized carbons (Fsp3) is 0.304. The minimum absolute atomic E-state index is 0.0371. The minimum Gasteiger partial charge on any atom is -0.455 e. The van der Waals surface area contributed by atoms with Gasteiger partial charge in [0.15, 0.2) is 11.7 Å². The Bertz CT molecular complexity index is 1200. The van der Waals surface area contributed by atoms with E-state index in [1.807, 2.05) is 18.2 Å². The van der Waals surface area contributed by atoms with Crippen LogP contribution >= 0.6 is 0 Å². The van der Waals surface area contributed by atoms with Crippen LogP contribution in [0.5, 0.6) is 11.5 Å². The summed E-state index contributed by atoms with van der Waals surface area (Å²) in [5, 5.41) is 7.21. The van der Waals surface area contributed by atoms with E-state index in [0.717, 1.165) is 42.2 Å². The molecule has 4 N–H and O–H groups in total. The van der Waals surface area contributed by atoms with Crippen molar-refractivity contribution in [2.24, 2.45) is 5.73 Å². The fourth-order valence-electron chi connectivity index (χ4n) is 3.96. The van der Waals surface area contributed by atoms with E-state index in [4.69, 9.17) is 15.9 Å². The maximum absolute atomic E-state index is 13.6. The molecular formula is C23H24F3N5O2. The zero-order valence-electron chi connectivity index (χ0n) is 18.0. The van der Waals surface area contributed by atoms with Gasteiger partial charge in [0.05, 0.1) is 11.1 Å². The molecule has 174 valence electrons. The van der Waals surface area contributed by atoms with Crippen LogP contribution < -0.4 is 10.5 Å². The number of hydrogen-bond donors (Lipinski definition) is 3. The summed E-state index contributed by atoms with van der Waals surface area (Å²) in [7, 11) is 1.27. The maximum Gasteiger partial charge on any atom is 0.417 e. The Morgan fingerprint density at radius 1 is 1.21 bits per heavy atom. The number of carbonyl (C=O) groups excluding carboxylic acids is 1. The highest BCUT2D eigenvalue weighted by molar-refractivity contribution is 6.06. The van der Waals surface area contributed by atoms with Crippen molar-refractivity contribution in [1.82, 2.24) is 14.8 Å². The Morgan fingerprint density at radius 2 is 1.94 bits per heavy atom. The third kappa shape index (κ3) is 4.80. The van der Waals surface area contributed by atoms with E-state index in [1.54, 1.807) is 6.07 Å². The third-order valence-electron chi connectivity index (χ3n) is 5.69. The molecule has 0 spiro atoms. The van der Waals surface area contributed by atoms with Gasteiger partial charge in [-0.3, -0.25) is 20.0 Å². The number of nitrogens with two attached hydrogens (primary N) is 1. The molecule has 1 aliphatic heterocycles. The lowest BCUT2D eigenvalue weighted by Crippen LogP contribution is -2.38. The molecule has 1 amide bonds. The van der Waals surface area contributed by atoms with Crippen molar-refractivity contribution >= 4 is 22.8 Å². The molecule has 0 atom stereocenters. The second-order valence-corrected chi connectivity index (χ2v) is 8.06. The Kier molecular flexibility index (Phi) is 6.03. The minimum atomic E-state index is -4.62. The summed E-state index contributed by atoms with van der Waals surface area (Å²) in [4.78, 5) is 18.4. The van der Waals surface area contributed by atoms with E-state index in [-0.39, 0.29) is 22.3 Å². The van der Waals surface area contributed by atoms with Gasteiger partial charge in [-0.1, -0.05) is 12.1 Å². The number of ether oxygens (including phenoxy) is 1. The first-order valence-electron chi connectivity index (χ1n) is 10.5. The average molecular weight is 459 g/mol. The van der Waals surface area contributed by atoms with Crippen LogP contribution in [-0.2, 0) is 12.7 Å². The molecule has 1 saturated heterocycles. The lowest BCUT2D eigenvalue weighted by molar-refractivity contribution is -0.136. The number of carbonyl (C=O) groups is 1. The summed E-state index contributed by atoms with van der Waals surface area (Å²) in [6.45, 7) is 2.86. The number of H-pyrrole nitrogens is 1. The van der Waals surface area contributed by atoms with Crippen molar-refractivity contribution in [3.8, 4) is 11.5 Å².